The summed E-state index contributed by atoms with van der Waals surface area (Å²) in [6.45, 7) is 6.15. The molecule has 21 heavy (non-hydrogen) atoms. The fraction of sp³-hybridized carbons (Fsp3) is 0.562. The van der Waals surface area contributed by atoms with Gasteiger partial charge in [-0.1, -0.05) is 12.1 Å². The van der Waals surface area contributed by atoms with Gasteiger partial charge >= 0.3 is 0 Å². The summed E-state index contributed by atoms with van der Waals surface area (Å²) < 4.78 is 13.0. The highest BCUT2D eigenvalue weighted by molar-refractivity contribution is 5.78. The summed E-state index contributed by atoms with van der Waals surface area (Å²) in [7, 11) is 0. The van der Waals surface area contributed by atoms with Crippen molar-refractivity contribution in [3.05, 3.63) is 35.6 Å². The third-order valence-corrected chi connectivity index (χ3v) is 4.09. The number of amides is 1. The standard InChI is InChI=1S/C16H23FN2O2/c1-3-19(12(2)13-4-6-14(17)7-5-13)16(21)11-18-9-8-15(20)10-18/h4-7,12,15,20H,3,8-11H2,1-2H3/t12?,15-/m0/s1. The molecule has 2 rings (SSSR count). The van der Waals surface area contributed by atoms with E-state index in [9.17, 15) is 14.3 Å². The van der Waals surface area contributed by atoms with E-state index in [-0.39, 0.29) is 23.9 Å². The summed E-state index contributed by atoms with van der Waals surface area (Å²) in [4.78, 5) is 16.2. The van der Waals surface area contributed by atoms with Crippen LogP contribution in [0, 0.1) is 5.82 Å². The van der Waals surface area contributed by atoms with Crippen LogP contribution in [0.5, 0.6) is 0 Å². The topological polar surface area (TPSA) is 43.8 Å². The van der Waals surface area contributed by atoms with E-state index in [4.69, 9.17) is 0 Å². The largest absolute Gasteiger partial charge is 0.392 e. The number of nitrogens with zero attached hydrogens (tertiary/aromatic N) is 2. The molecule has 1 saturated heterocycles. The first-order valence-electron chi connectivity index (χ1n) is 7.46. The first-order valence-corrected chi connectivity index (χ1v) is 7.46. The Morgan fingerprint density at radius 3 is 2.67 bits per heavy atom. The zero-order valence-electron chi connectivity index (χ0n) is 12.6. The van der Waals surface area contributed by atoms with E-state index in [2.05, 4.69) is 0 Å². The lowest BCUT2D eigenvalue weighted by Gasteiger charge is -2.30. The Labute approximate surface area is 125 Å². The Balaban J connectivity index is 2.00. The van der Waals surface area contributed by atoms with Crippen molar-refractivity contribution in [1.82, 2.24) is 9.80 Å². The molecular weight excluding hydrogens is 271 g/mol. The van der Waals surface area contributed by atoms with Crippen molar-refractivity contribution in [2.75, 3.05) is 26.2 Å². The van der Waals surface area contributed by atoms with Gasteiger partial charge in [0.2, 0.25) is 5.91 Å². The van der Waals surface area contributed by atoms with Gasteiger partial charge in [0.05, 0.1) is 18.7 Å². The van der Waals surface area contributed by atoms with Gasteiger partial charge in [0.1, 0.15) is 5.82 Å². The van der Waals surface area contributed by atoms with Crippen LogP contribution in [0.1, 0.15) is 31.9 Å². The molecule has 1 aliphatic rings. The molecule has 0 saturated carbocycles. The van der Waals surface area contributed by atoms with E-state index in [0.717, 1.165) is 18.5 Å². The molecule has 1 aliphatic heterocycles. The van der Waals surface area contributed by atoms with Crippen LogP contribution in [0.4, 0.5) is 4.39 Å². The number of β-amino-alcohol motifs (C(OH)–C–C–N with tert-alkyl or cyclic N) is 1. The second-order valence-electron chi connectivity index (χ2n) is 5.58. The number of benzene rings is 1. The highest BCUT2D eigenvalue weighted by atomic mass is 19.1. The van der Waals surface area contributed by atoms with Crippen molar-refractivity contribution >= 4 is 5.91 Å². The minimum atomic E-state index is -0.317. The number of carbonyl (C=O) groups excluding carboxylic acids is 1. The van der Waals surface area contributed by atoms with E-state index in [1.54, 1.807) is 17.0 Å². The summed E-state index contributed by atoms with van der Waals surface area (Å²) in [5.74, 6) is -0.227. The molecule has 116 valence electrons. The highest BCUT2D eigenvalue weighted by Gasteiger charge is 2.26. The molecule has 0 bridgehead atoms. The maximum absolute atomic E-state index is 13.0. The van der Waals surface area contributed by atoms with Gasteiger partial charge < -0.3 is 10.0 Å². The zero-order chi connectivity index (χ0) is 15.4. The molecule has 1 N–H and O–H groups in total. The van der Waals surface area contributed by atoms with Crippen LogP contribution in [0.15, 0.2) is 24.3 Å². The summed E-state index contributed by atoms with van der Waals surface area (Å²) in [6.07, 6.45) is 0.412. The Hall–Kier alpha value is -1.46. The van der Waals surface area contributed by atoms with Crippen LogP contribution in [0.2, 0.25) is 0 Å². The SMILES string of the molecule is CCN(C(=O)CN1CC[C@H](O)C1)C(C)c1ccc(F)cc1. The Morgan fingerprint density at radius 2 is 2.14 bits per heavy atom. The van der Waals surface area contributed by atoms with Crippen molar-refractivity contribution in [2.45, 2.75) is 32.4 Å². The summed E-state index contributed by atoms with van der Waals surface area (Å²) in [5.41, 5.74) is 0.924. The Morgan fingerprint density at radius 1 is 1.48 bits per heavy atom. The van der Waals surface area contributed by atoms with E-state index >= 15 is 0 Å². The lowest BCUT2D eigenvalue weighted by molar-refractivity contribution is -0.134. The fourth-order valence-electron chi connectivity index (χ4n) is 2.83. The number of aliphatic hydroxyl groups is 1. The molecule has 1 fully saturated rings. The monoisotopic (exact) mass is 294 g/mol. The van der Waals surface area contributed by atoms with E-state index in [0.29, 0.717) is 19.6 Å². The zero-order valence-corrected chi connectivity index (χ0v) is 12.6. The van der Waals surface area contributed by atoms with Gasteiger partial charge in [0, 0.05) is 19.6 Å². The van der Waals surface area contributed by atoms with Gasteiger partial charge in [-0.15, -0.1) is 0 Å². The van der Waals surface area contributed by atoms with Crippen molar-refractivity contribution in [1.29, 1.82) is 0 Å². The van der Waals surface area contributed by atoms with E-state index in [1.807, 2.05) is 18.7 Å². The minimum Gasteiger partial charge on any atom is -0.392 e. The van der Waals surface area contributed by atoms with Crippen molar-refractivity contribution < 1.29 is 14.3 Å². The highest BCUT2D eigenvalue weighted by Crippen LogP contribution is 2.21. The lowest BCUT2D eigenvalue weighted by atomic mass is 10.1. The van der Waals surface area contributed by atoms with Crippen LogP contribution in [0.25, 0.3) is 0 Å². The van der Waals surface area contributed by atoms with Crippen LogP contribution in [0.3, 0.4) is 0 Å². The molecule has 1 unspecified atom stereocenters. The predicted octanol–water partition coefficient (Wildman–Crippen LogP) is 1.80. The van der Waals surface area contributed by atoms with Gasteiger partial charge in [-0.05, 0) is 38.0 Å². The molecule has 0 radical (unpaired) electrons. The van der Waals surface area contributed by atoms with Crippen LogP contribution < -0.4 is 0 Å². The van der Waals surface area contributed by atoms with Gasteiger partial charge in [-0.25, -0.2) is 4.39 Å². The van der Waals surface area contributed by atoms with Crippen molar-refractivity contribution in [3.8, 4) is 0 Å². The number of carbonyl (C=O) groups is 1. The third-order valence-electron chi connectivity index (χ3n) is 4.09. The number of hydrogen-bond donors (Lipinski definition) is 1. The quantitative estimate of drug-likeness (QED) is 0.900. The van der Waals surface area contributed by atoms with Crippen LogP contribution in [-0.4, -0.2) is 53.1 Å². The molecule has 0 spiro atoms. The molecular formula is C16H23FN2O2. The van der Waals surface area contributed by atoms with E-state index in [1.165, 1.54) is 12.1 Å². The number of rotatable bonds is 5. The molecule has 1 aromatic carbocycles. The van der Waals surface area contributed by atoms with Gasteiger partial charge in [-0.3, -0.25) is 9.69 Å². The second kappa shape index (κ2) is 7.00. The molecule has 0 aromatic heterocycles. The number of hydrogen-bond acceptors (Lipinski definition) is 3. The van der Waals surface area contributed by atoms with E-state index < -0.39 is 0 Å². The lowest BCUT2D eigenvalue weighted by Crippen LogP contribution is -2.41. The van der Waals surface area contributed by atoms with Gasteiger partial charge in [0.15, 0.2) is 0 Å². The third kappa shape index (κ3) is 4.02. The molecule has 1 heterocycles. The maximum Gasteiger partial charge on any atom is 0.237 e. The average molecular weight is 294 g/mol. The molecule has 4 nitrogen and oxygen atoms in total. The number of likely N-dealkylation sites (tertiary alicyclic amines) is 1. The Kier molecular flexibility index (Phi) is 5.31. The summed E-state index contributed by atoms with van der Waals surface area (Å²) in [6, 6.07) is 6.18. The van der Waals surface area contributed by atoms with Crippen LogP contribution in [-0.2, 0) is 4.79 Å². The normalized spacial score (nSPS) is 20.5. The first-order chi connectivity index (χ1) is 10.0. The molecule has 1 aromatic rings. The summed E-state index contributed by atoms with van der Waals surface area (Å²) >= 11 is 0. The van der Waals surface area contributed by atoms with Crippen LogP contribution >= 0.6 is 0 Å². The van der Waals surface area contributed by atoms with Crippen molar-refractivity contribution in [2.24, 2.45) is 0 Å². The molecule has 2 atom stereocenters. The predicted molar refractivity (Wildman–Crippen MR) is 79.3 cm³/mol. The number of aliphatic hydroxyl groups excluding tert-OH is 1. The molecule has 0 aliphatic carbocycles. The smallest absolute Gasteiger partial charge is 0.237 e. The van der Waals surface area contributed by atoms with Gasteiger partial charge in [0.25, 0.3) is 0 Å². The molecule has 5 heteroatoms. The van der Waals surface area contributed by atoms with Crippen molar-refractivity contribution in [3.63, 3.8) is 0 Å². The first kappa shape index (κ1) is 15.9. The minimum absolute atomic E-state index is 0.0448. The molecule has 1 amide bonds. The Bertz CT molecular complexity index is 478. The fourth-order valence-corrected chi connectivity index (χ4v) is 2.83. The second-order valence-corrected chi connectivity index (χ2v) is 5.58. The maximum atomic E-state index is 13.0. The van der Waals surface area contributed by atoms with Gasteiger partial charge in [-0.2, -0.15) is 0 Å². The summed E-state index contributed by atoms with van der Waals surface area (Å²) in [5, 5.41) is 9.52. The number of halogens is 1. The number of likely N-dealkylation sites (N-methyl/N-ethyl adjacent to an activating group) is 1. The average Bonchev–Trinajstić information content (AvgIpc) is 2.85.